The lowest BCUT2D eigenvalue weighted by molar-refractivity contribution is 0.472. The fourth-order valence-corrected chi connectivity index (χ4v) is 1.62. The predicted octanol–water partition coefficient (Wildman–Crippen LogP) is 2.87. The van der Waals surface area contributed by atoms with E-state index >= 15 is 0 Å². The van der Waals surface area contributed by atoms with E-state index in [1.54, 1.807) is 12.5 Å². The average molecular weight is 234 g/mol. The van der Waals surface area contributed by atoms with E-state index in [9.17, 15) is 0 Å². The molecule has 0 spiro atoms. The molecule has 0 aliphatic heterocycles. The highest BCUT2D eigenvalue weighted by Gasteiger charge is 2.07. The lowest BCUT2D eigenvalue weighted by atomic mass is 10.3. The molecule has 17 heavy (non-hydrogen) atoms. The zero-order valence-corrected chi connectivity index (χ0v) is 10.1. The fourth-order valence-electron chi connectivity index (χ4n) is 1.62. The van der Waals surface area contributed by atoms with Crippen molar-refractivity contribution in [2.24, 2.45) is 0 Å². The molecular weight excluding hydrogens is 216 g/mol. The standard InChI is InChI=1S/C13H18N2O2/c1-2-7-14-8-3-6-13-15-10-12(17-13)11-5-4-9-16-11/h4-5,9-10,14H,2-3,6-8H2,1H3. The Morgan fingerprint density at radius 3 is 3.00 bits per heavy atom. The van der Waals surface area contributed by atoms with Crippen molar-refractivity contribution < 1.29 is 8.83 Å². The molecule has 2 heterocycles. The van der Waals surface area contributed by atoms with Crippen molar-refractivity contribution in [2.75, 3.05) is 13.1 Å². The lowest BCUT2D eigenvalue weighted by Gasteiger charge is -2.00. The van der Waals surface area contributed by atoms with E-state index in [0.29, 0.717) is 5.76 Å². The maximum Gasteiger partial charge on any atom is 0.195 e. The molecule has 0 aliphatic rings. The first-order valence-corrected chi connectivity index (χ1v) is 6.09. The monoisotopic (exact) mass is 234 g/mol. The molecule has 0 saturated heterocycles. The molecule has 0 aromatic carbocycles. The summed E-state index contributed by atoms with van der Waals surface area (Å²) in [5, 5.41) is 3.35. The van der Waals surface area contributed by atoms with Gasteiger partial charge >= 0.3 is 0 Å². The summed E-state index contributed by atoms with van der Waals surface area (Å²) < 4.78 is 10.8. The summed E-state index contributed by atoms with van der Waals surface area (Å²) >= 11 is 0. The number of rotatable bonds is 7. The highest BCUT2D eigenvalue weighted by Crippen LogP contribution is 2.20. The van der Waals surface area contributed by atoms with Gasteiger partial charge in [-0.2, -0.15) is 0 Å². The minimum absolute atomic E-state index is 0.700. The van der Waals surface area contributed by atoms with Crippen LogP contribution in [0, 0.1) is 0 Å². The highest BCUT2D eigenvalue weighted by atomic mass is 16.4. The van der Waals surface area contributed by atoms with Gasteiger partial charge in [-0.3, -0.25) is 0 Å². The zero-order valence-electron chi connectivity index (χ0n) is 10.1. The van der Waals surface area contributed by atoms with Crippen molar-refractivity contribution in [1.82, 2.24) is 10.3 Å². The van der Waals surface area contributed by atoms with Gasteiger partial charge in [0.15, 0.2) is 17.4 Å². The van der Waals surface area contributed by atoms with E-state index in [-0.39, 0.29) is 0 Å². The number of hydrogen-bond acceptors (Lipinski definition) is 4. The first-order valence-electron chi connectivity index (χ1n) is 6.09. The van der Waals surface area contributed by atoms with Gasteiger partial charge in [0.05, 0.1) is 12.5 Å². The Hall–Kier alpha value is -1.55. The third kappa shape index (κ3) is 3.46. The summed E-state index contributed by atoms with van der Waals surface area (Å²) in [6.45, 7) is 4.24. The van der Waals surface area contributed by atoms with E-state index in [1.165, 1.54) is 6.42 Å². The first-order chi connectivity index (χ1) is 8.40. The van der Waals surface area contributed by atoms with Crippen LogP contribution in [0.25, 0.3) is 11.5 Å². The molecule has 0 aliphatic carbocycles. The van der Waals surface area contributed by atoms with E-state index < -0.39 is 0 Å². The number of furan rings is 1. The lowest BCUT2D eigenvalue weighted by Crippen LogP contribution is -2.16. The van der Waals surface area contributed by atoms with E-state index in [1.807, 2.05) is 12.1 Å². The van der Waals surface area contributed by atoms with Crippen molar-refractivity contribution in [3.05, 3.63) is 30.5 Å². The van der Waals surface area contributed by atoms with Gasteiger partial charge < -0.3 is 14.2 Å². The SMILES string of the molecule is CCCNCCCc1ncc(-c2ccco2)o1. The Kier molecular flexibility index (Phi) is 4.38. The van der Waals surface area contributed by atoms with E-state index in [4.69, 9.17) is 8.83 Å². The Morgan fingerprint density at radius 1 is 1.29 bits per heavy atom. The van der Waals surface area contributed by atoms with Crippen LogP contribution < -0.4 is 5.32 Å². The molecule has 2 aromatic rings. The van der Waals surface area contributed by atoms with Crippen LogP contribution in [-0.2, 0) is 6.42 Å². The summed E-state index contributed by atoms with van der Waals surface area (Å²) in [6, 6.07) is 3.71. The highest BCUT2D eigenvalue weighted by molar-refractivity contribution is 5.47. The normalized spacial score (nSPS) is 10.9. The van der Waals surface area contributed by atoms with Crippen molar-refractivity contribution in [1.29, 1.82) is 0 Å². The molecule has 2 aromatic heterocycles. The van der Waals surface area contributed by atoms with Crippen LogP contribution in [0.1, 0.15) is 25.7 Å². The molecule has 0 radical (unpaired) electrons. The number of nitrogens with one attached hydrogen (secondary N) is 1. The molecule has 0 atom stereocenters. The molecule has 0 bridgehead atoms. The largest absolute Gasteiger partial charge is 0.461 e. The maximum atomic E-state index is 5.60. The van der Waals surface area contributed by atoms with Crippen molar-refractivity contribution in [3.63, 3.8) is 0 Å². The summed E-state index contributed by atoms with van der Waals surface area (Å²) in [5.41, 5.74) is 0. The Morgan fingerprint density at radius 2 is 2.24 bits per heavy atom. The third-order valence-electron chi connectivity index (χ3n) is 2.49. The second-order valence-corrected chi connectivity index (χ2v) is 3.95. The van der Waals surface area contributed by atoms with Gasteiger partial charge in [-0.05, 0) is 38.1 Å². The van der Waals surface area contributed by atoms with E-state index in [0.717, 1.165) is 37.6 Å². The number of hydrogen-bond donors (Lipinski definition) is 1. The van der Waals surface area contributed by atoms with Crippen LogP contribution in [0.3, 0.4) is 0 Å². The molecule has 1 N–H and O–H groups in total. The summed E-state index contributed by atoms with van der Waals surface area (Å²) in [6.07, 6.45) is 6.41. The number of aryl methyl sites for hydroxylation is 1. The Bertz CT molecular complexity index is 420. The van der Waals surface area contributed by atoms with E-state index in [2.05, 4.69) is 17.2 Å². The number of nitrogens with zero attached hydrogens (tertiary/aromatic N) is 1. The first kappa shape index (κ1) is 11.9. The van der Waals surface area contributed by atoms with Gasteiger partial charge in [0.1, 0.15) is 0 Å². The smallest absolute Gasteiger partial charge is 0.195 e. The second kappa shape index (κ2) is 6.25. The van der Waals surface area contributed by atoms with Gasteiger partial charge in [0.25, 0.3) is 0 Å². The minimum Gasteiger partial charge on any atom is -0.461 e. The van der Waals surface area contributed by atoms with Crippen molar-refractivity contribution in [2.45, 2.75) is 26.2 Å². The van der Waals surface area contributed by atoms with Gasteiger partial charge in [-0.25, -0.2) is 4.98 Å². The van der Waals surface area contributed by atoms with Crippen molar-refractivity contribution in [3.8, 4) is 11.5 Å². The second-order valence-electron chi connectivity index (χ2n) is 3.95. The average Bonchev–Trinajstić information content (AvgIpc) is 2.99. The van der Waals surface area contributed by atoms with Crippen LogP contribution in [-0.4, -0.2) is 18.1 Å². The number of oxazole rings is 1. The molecule has 4 nitrogen and oxygen atoms in total. The summed E-state index contributed by atoms with van der Waals surface area (Å²) in [7, 11) is 0. The quantitative estimate of drug-likeness (QED) is 0.748. The molecule has 0 amide bonds. The minimum atomic E-state index is 0.700. The van der Waals surface area contributed by atoms with Crippen LogP contribution in [0.2, 0.25) is 0 Å². The molecule has 0 saturated carbocycles. The molecule has 92 valence electrons. The topological polar surface area (TPSA) is 51.2 Å². The zero-order chi connectivity index (χ0) is 11.9. The van der Waals surface area contributed by atoms with Crippen molar-refractivity contribution >= 4 is 0 Å². The maximum absolute atomic E-state index is 5.60. The van der Waals surface area contributed by atoms with Crippen LogP contribution in [0.4, 0.5) is 0 Å². The Labute approximate surface area is 101 Å². The molecular formula is C13H18N2O2. The molecule has 0 fully saturated rings. The third-order valence-corrected chi connectivity index (χ3v) is 2.49. The number of aromatic nitrogens is 1. The van der Waals surface area contributed by atoms with Gasteiger partial charge in [-0.15, -0.1) is 0 Å². The van der Waals surface area contributed by atoms with Crippen LogP contribution in [0.15, 0.2) is 33.4 Å². The van der Waals surface area contributed by atoms with Gasteiger partial charge in [0, 0.05) is 6.42 Å². The fraction of sp³-hybridized carbons (Fsp3) is 0.462. The van der Waals surface area contributed by atoms with Gasteiger partial charge in [0.2, 0.25) is 0 Å². The predicted molar refractivity (Wildman–Crippen MR) is 65.7 cm³/mol. The van der Waals surface area contributed by atoms with Crippen LogP contribution in [0.5, 0.6) is 0 Å². The Balaban J connectivity index is 1.79. The summed E-state index contributed by atoms with van der Waals surface area (Å²) in [5.74, 6) is 2.20. The molecule has 0 unspecified atom stereocenters. The van der Waals surface area contributed by atoms with Gasteiger partial charge in [-0.1, -0.05) is 6.92 Å². The molecule has 4 heteroatoms. The summed E-state index contributed by atoms with van der Waals surface area (Å²) in [4.78, 5) is 4.24. The van der Waals surface area contributed by atoms with Crippen LogP contribution >= 0.6 is 0 Å². The molecule has 2 rings (SSSR count).